The summed E-state index contributed by atoms with van der Waals surface area (Å²) in [5, 5.41) is 2.47. The average Bonchev–Trinajstić information content (AvgIpc) is 1.62. The zero-order valence-corrected chi connectivity index (χ0v) is 56.5. The third kappa shape index (κ3) is 8.71. The second-order valence-electron chi connectivity index (χ2n) is 27.7. The van der Waals surface area contributed by atoms with Crippen LogP contribution in [0.25, 0.3) is 140 Å². The van der Waals surface area contributed by atoms with Crippen LogP contribution in [0, 0.1) is 0 Å². The molecule has 15 aromatic carbocycles. The summed E-state index contributed by atoms with van der Waals surface area (Å²) in [5.41, 5.74) is 28.6. The van der Waals surface area contributed by atoms with Gasteiger partial charge in [-0.05, 0) is 139 Å². The Labute approximate surface area is 605 Å². The van der Waals surface area contributed by atoms with Crippen molar-refractivity contribution in [3.8, 4) is 130 Å². The van der Waals surface area contributed by atoms with E-state index in [2.05, 4.69) is 338 Å². The molecule has 8 nitrogen and oxygen atoms in total. The molecule has 18 aromatic rings. The van der Waals surface area contributed by atoms with Crippen LogP contribution in [0.5, 0.6) is 23.0 Å². The van der Waals surface area contributed by atoms with Gasteiger partial charge < -0.3 is 14.0 Å². The van der Waals surface area contributed by atoms with E-state index in [0.717, 1.165) is 123 Å². The zero-order valence-electron chi connectivity index (χ0n) is 56.5. The maximum absolute atomic E-state index is 7.05. The first kappa shape index (κ1) is 58.8. The van der Waals surface area contributed by atoms with Gasteiger partial charge in [-0.25, -0.2) is 19.9 Å². The van der Waals surface area contributed by atoms with Gasteiger partial charge in [0.1, 0.15) is 23.0 Å². The van der Waals surface area contributed by atoms with E-state index in [1.54, 1.807) is 0 Å². The summed E-state index contributed by atoms with van der Waals surface area (Å²) in [4.78, 5) is 26.5. The molecule has 2 aliphatic heterocycles. The minimum absolute atomic E-state index is 0.533. The molecule has 1 atom stereocenters. The van der Waals surface area contributed by atoms with Gasteiger partial charge >= 0.3 is 0 Å². The highest BCUT2D eigenvalue weighted by atomic mass is 16.5. The number of aromatic nitrogens is 6. The highest BCUT2D eigenvalue weighted by Gasteiger charge is 2.53. The van der Waals surface area contributed by atoms with Crippen LogP contribution in [0.4, 0.5) is 0 Å². The molecule has 22 rings (SSSR count). The second kappa shape index (κ2) is 22.8. The molecule has 1 unspecified atom stereocenters. The lowest BCUT2D eigenvalue weighted by molar-refractivity contribution is 0.436. The molecule has 3 aromatic heterocycles. The van der Waals surface area contributed by atoms with Gasteiger partial charge in [0.25, 0.3) is 0 Å². The molecule has 8 heteroatoms. The average molecular weight is 1340 g/mol. The summed E-state index contributed by atoms with van der Waals surface area (Å²) in [6, 6.07) is 124. The second-order valence-corrected chi connectivity index (χ2v) is 27.7. The molecule has 105 heavy (non-hydrogen) atoms. The van der Waals surface area contributed by atoms with Crippen LogP contribution >= 0.6 is 0 Å². The Kier molecular flexibility index (Phi) is 12.8. The Balaban J connectivity index is 0.647. The molecule has 4 aliphatic rings. The van der Waals surface area contributed by atoms with E-state index >= 15 is 0 Å². The third-order valence-corrected chi connectivity index (χ3v) is 22.3. The maximum Gasteiger partial charge on any atom is 0.164 e. The van der Waals surface area contributed by atoms with Crippen molar-refractivity contribution in [2.45, 2.75) is 10.8 Å². The Bertz CT molecular complexity index is 6580. The number of nitrogens with zero attached hydrogens (tertiary/aromatic N) is 6. The summed E-state index contributed by atoms with van der Waals surface area (Å²) >= 11 is 0. The fourth-order valence-corrected chi connectivity index (χ4v) is 17.7. The molecule has 488 valence electrons. The lowest BCUT2D eigenvalue weighted by atomic mass is 9.66. The van der Waals surface area contributed by atoms with E-state index in [9.17, 15) is 0 Å². The standard InChI is InChI=1S/C97H58N6O2/c1-2-20-61(21-3-1)69-29-19-35-84-92(69)98-58-85(99-84)65-47-52-82-90(56-65)104-89-39-17-13-34-81(89)97(82)78-32-11-6-26-72(78)75-55-64(46-51-79(75)97)59-40-42-62(43-41-59)93-100-94(66-23-18-22-63(54-66)60-44-49-68(50-45-60)103-86-36-14-7-27-73(86)74-28-8-15-37-87(74)103)102-95(101-93)67-48-53-83-91(57-67)105-88-38-16-12-33-80(88)96(83)76-30-9-4-24-70(76)71-25-5-10-31-77(71)96/h1-58H. The summed E-state index contributed by atoms with van der Waals surface area (Å²) in [6.07, 6.45) is 1.89. The topological polar surface area (TPSA) is 87.8 Å². The summed E-state index contributed by atoms with van der Waals surface area (Å²) in [6.45, 7) is 0. The first-order chi connectivity index (χ1) is 52.0. The normalized spacial score (nSPS) is 14.4. The zero-order chi connectivity index (χ0) is 68.9. The third-order valence-electron chi connectivity index (χ3n) is 22.3. The van der Waals surface area contributed by atoms with Crippen molar-refractivity contribution in [2.24, 2.45) is 0 Å². The summed E-state index contributed by atoms with van der Waals surface area (Å²) < 4.78 is 16.4. The van der Waals surface area contributed by atoms with Crippen LogP contribution in [0.1, 0.15) is 44.5 Å². The first-order valence-electron chi connectivity index (χ1n) is 35.7. The highest BCUT2D eigenvalue weighted by Crippen LogP contribution is 2.64. The van der Waals surface area contributed by atoms with Crippen molar-refractivity contribution in [2.75, 3.05) is 0 Å². The maximum atomic E-state index is 7.05. The van der Waals surface area contributed by atoms with E-state index in [1.165, 1.54) is 66.3 Å². The predicted octanol–water partition coefficient (Wildman–Crippen LogP) is 23.5. The lowest BCUT2D eigenvalue weighted by Gasteiger charge is -2.39. The van der Waals surface area contributed by atoms with E-state index in [-0.39, 0.29) is 0 Å². The van der Waals surface area contributed by atoms with Crippen molar-refractivity contribution in [1.82, 2.24) is 29.5 Å². The number of fused-ring (bicyclic) bond motifs is 22. The van der Waals surface area contributed by atoms with Crippen LogP contribution in [0.3, 0.4) is 0 Å². The van der Waals surface area contributed by atoms with Crippen LogP contribution in [-0.2, 0) is 10.8 Å². The number of ether oxygens (including phenoxy) is 2. The molecule has 0 saturated heterocycles. The molecular weight excluding hydrogens is 1280 g/mol. The molecule has 0 fully saturated rings. The first-order valence-corrected chi connectivity index (χ1v) is 35.7. The minimum atomic E-state index is -0.674. The van der Waals surface area contributed by atoms with Gasteiger partial charge in [-0.3, -0.25) is 4.98 Å². The van der Waals surface area contributed by atoms with Crippen molar-refractivity contribution in [3.63, 3.8) is 0 Å². The van der Waals surface area contributed by atoms with Gasteiger partial charge in [0.15, 0.2) is 17.5 Å². The molecule has 0 bridgehead atoms. The van der Waals surface area contributed by atoms with E-state index in [0.29, 0.717) is 17.5 Å². The van der Waals surface area contributed by atoms with Gasteiger partial charge in [-0.15, -0.1) is 0 Å². The van der Waals surface area contributed by atoms with E-state index < -0.39 is 10.8 Å². The summed E-state index contributed by atoms with van der Waals surface area (Å²) in [5.74, 6) is 4.82. The smallest absolute Gasteiger partial charge is 0.164 e. The largest absolute Gasteiger partial charge is 0.457 e. The molecule has 0 radical (unpaired) electrons. The van der Waals surface area contributed by atoms with E-state index in [4.69, 9.17) is 34.4 Å². The van der Waals surface area contributed by atoms with Crippen LogP contribution in [0.2, 0.25) is 0 Å². The molecule has 2 aliphatic carbocycles. The van der Waals surface area contributed by atoms with Gasteiger partial charge in [-0.1, -0.05) is 279 Å². The lowest BCUT2D eigenvalue weighted by Crippen LogP contribution is -2.32. The Morgan fingerprint density at radius 1 is 0.248 bits per heavy atom. The number of rotatable bonds is 8. The Morgan fingerprint density at radius 2 is 0.657 bits per heavy atom. The van der Waals surface area contributed by atoms with Gasteiger partial charge in [0.2, 0.25) is 0 Å². The molecule has 0 amide bonds. The quantitative estimate of drug-likeness (QED) is 0.150. The van der Waals surface area contributed by atoms with Crippen LogP contribution in [0.15, 0.2) is 352 Å². The molecular formula is C97H58N6O2. The fourth-order valence-electron chi connectivity index (χ4n) is 17.7. The van der Waals surface area contributed by atoms with Crippen molar-refractivity contribution in [1.29, 1.82) is 0 Å². The minimum Gasteiger partial charge on any atom is -0.457 e. The predicted molar refractivity (Wildman–Crippen MR) is 420 cm³/mol. The highest BCUT2D eigenvalue weighted by molar-refractivity contribution is 6.09. The van der Waals surface area contributed by atoms with Crippen molar-refractivity contribution >= 4 is 32.8 Å². The van der Waals surface area contributed by atoms with Gasteiger partial charge in [-0.2, -0.15) is 0 Å². The number of benzene rings is 15. The molecule has 5 heterocycles. The fraction of sp³-hybridized carbons (Fsp3) is 0.0206. The van der Waals surface area contributed by atoms with Crippen molar-refractivity contribution < 1.29 is 9.47 Å². The number of hydrogen-bond donors (Lipinski definition) is 0. The SMILES string of the molecule is c1ccc(-c2cccc3nc(-c4ccc5c(c4)Oc4ccccc4C54c5ccccc5-c5cc(-c6ccc(-c7nc(-c8cccc(-c9ccc(-n%10c%11ccccc%11c%11ccccc%11%10)cc9)c8)nc(-c8ccc9c(c8)Oc8ccccc8C98c9ccccc9-c9ccccc98)n7)cc6)ccc54)cnc23)cc1. The molecule has 2 spiro atoms. The van der Waals surface area contributed by atoms with Crippen LogP contribution in [-0.4, -0.2) is 29.5 Å². The monoisotopic (exact) mass is 1340 g/mol. The number of hydrogen-bond acceptors (Lipinski definition) is 7. The van der Waals surface area contributed by atoms with E-state index in [1.807, 2.05) is 18.3 Å². The van der Waals surface area contributed by atoms with Gasteiger partial charge in [0, 0.05) is 66.5 Å². The Morgan fingerprint density at radius 3 is 1.29 bits per heavy atom. The Hall–Kier alpha value is -14.0. The molecule has 0 N–H and O–H groups in total. The number of para-hydroxylation sites is 5. The van der Waals surface area contributed by atoms with Crippen molar-refractivity contribution in [3.05, 3.63) is 396 Å². The molecule has 0 saturated carbocycles. The van der Waals surface area contributed by atoms with Gasteiger partial charge in [0.05, 0.1) is 44.8 Å². The summed E-state index contributed by atoms with van der Waals surface area (Å²) in [7, 11) is 0. The van der Waals surface area contributed by atoms with Crippen LogP contribution < -0.4 is 9.47 Å².